The topological polar surface area (TPSA) is 48.7 Å². The molecule has 0 spiro atoms. The van der Waals surface area contributed by atoms with Gasteiger partial charge in [-0.1, -0.05) is 48.5 Å². The molecule has 4 heteroatoms. The number of benzene rings is 2. The molecule has 0 saturated carbocycles. The summed E-state index contributed by atoms with van der Waals surface area (Å²) in [5, 5.41) is 0. The molecule has 0 N–H and O–H groups in total. The zero-order valence-electron chi connectivity index (χ0n) is 13.4. The van der Waals surface area contributed by atoms with Crippen LogP contribution in [-0.4, -0.2) is 12.6 Å². The van der Waals surface area contributed by atoms with Crippen molar-refractivity contribution in [3.63, 3.8) is 0 Å². The number of carbonyl (C=O) groups is 1. The molecular formula is C20H18O4. The van der Waals surface area contributed by atoms with Gasteiger partial charge >= 0.3 is 5.97 Å². The van der Waals surface area contributed by atoms with Crippen molar-refractivity contribution in [2.75, 3.05) is 6.61 Å². The normalized spacial score (nSPS) is 10.4. The number of carbonyl (C=O) groups excluding carboxylic acids is 1. The molecule has 3 aromatic rings. The van der Waals surface area contributed by atoms with Crippen molar-refractivity contribution in [3.05, 3.63) is 78.3 Å². The molecule has 0 fully saturated rings. The first-order valence-electron chi connectivity index (χ1n) is 7.80. The van der Waals surface area contributed by atoms with Gasteiger partial charge in [0.15, 0.2) is 0 Å². The summed E-state index contributed by atoms with van der Waals surface area (Å²) in [6.07, 6.45) is 1.48. The Morgan fingerprint density at radius 3 is 2.50 bits per heavy atom. The number of furan rings is 1. The van der Waals surface area contributed by atoms with Crippen LogP contribution in [0.1, 0.15) is 23.0 Å². The molecule has 0 amide bonds. The van der Waals surface area contributed by atoms with E-state index in [1.807, 2.05) is 54.6 Å². The Labute approximate surface area is 140 Å². The quantitative estimate of drug-likeness (QED) is 0.617. The molecule has 0 radical (unpaired) electrons. The van der Waals surface area contributed by atoms with Crippen LogP contribution in [0.5, 0.6) is 5.75 Å². The Kier molecular flexibility index (Phi) is 4.96. The van der Waals surface area contributed by atoms with Crippen molar-refractivity contribution < 1.29 is 18.7 Å². The third-order valence-electron chi connectivity index (χ3n) is 3.54. The van der Waals surface area contributed by atoms with E-state index in [0.29, 0.717) is 24.5 Å². The summed E-state index contributed by atoms with van der Waals surface area (Å²) in [6, 6.07) is 19.2. The van der Waals surface area contributed by atoms with Crippen molar-refractivity contribution in [1.82, 2.24) is 0 Å². The summed E-state index contributed by atoms with van der Waals surface area (Å²) >= 11 is 0. The first-order valence-corrected chi connectivity index (χ1v) is 7.80. The first-order chi connectivity index (χ1) is 11.8. The van der Waals surface area contributed by atoms with Gasteiger partial charge in [0, 0.05) is 11.1 Å². The first kappa shape index (κ1) is 15.9. The number of hydrogen-bond acceptors (Lipinski definition) is 4. The third kappa shape index (κ3) is 3.49. The van der Waals surface area contributed by atoms with Gasteiger partial charge in [0.25, 0.3) is 0 Å². The van der Waals surface area contributed by atoms with Crippen LogP contribution in [0.3, 0.4) is 0 Å². The van der Waals surface area contributed by atoms with Crippen molar-refractivity contribution in [1.29, 1.82) is 0 Å². The Bertz CT molecular complexity index is 805. The second-order valence-corrected chi connectivity index (χ2v) is 5.15. The van der Waals surface area contributed by atoms with Crippen LogP contribution in [0.25, 0.3) is 11.1 Å². The van der Waals surface area contributed by atoms with E-state index < -0.39 is 5.97 Å². The third-order valence-corrected chi connectivity index (χ3v) is 3.54. The van der Waals surface area contributed by atoms with Crippen LogP contribution in [-0.2, 0) is 11.3 Å². The highest BCUT2D eigenvalue weighted by Crippen LogP contribution is 2.33. The maximum absolute atomic E-state index is 12.0. The second kappa shape index (κ2) is 7.51. The van der Waals surface area contributed by atoms with E-state index in [-0.39, 0.29) is 5.76 Å². The molecule has 0 aliphatic heterocycles. The molecule has 0 aliphatic carbocycles. The fourth-order valence-electron chi connectivity index (χ4n) is 2.43. The number of hydrogen-bond donors (Lipinski definition) is 0. The zero-order chi connectivity index (χ0) is 16.8. The highest BCUT2D eigenvalue weighted by atomic mass is 16.5. The van der Waals surface area contributed by atoms with E-state index >= 15 is 0 Å². The second-order valence-electron chi connectivity index (χ2n) is 5.15. The minimum atomic E-state index is -0.477. The van der Waals surface area contributed by atoms with Crippen LogP contribution in [0, 0.1) is 0 Å². The van der Waals surface area contributed by atoms with Crippen LogP contribution in [0.2, 0.25) is 0 Å². The highest BCUT2D eigenvalue weighted by molar-refractivity contribution is 5.95. The van der Waals surface area contributed by atoms with Gasteiger partial charge in [0.05, 0.1) is 12.9 Å². The van der Waals surface area contributed by atoms with Crippen molar-refractivity contribution in [2.45, 2.75) is 13.5 Å². The molecule has 2 aromatic carbocycles. The van der Waals surface area contributed by atoms with Crippen LogP contribution in [0.15, 0.2) is 71.3 Å². The molecule has 4 nitrogen and oxygen atoms in total. The Balaban J connectivity index is 1.87. The minimum Gasteiger partial charge on any atom is -0.488 e. The molecule has 122 valence electrons. The van der Waals surface area contributed by atoms with Crippen molar-refractivity contribution in [2.24, 2.45) is 0 Å². The molecule has 1 heterocycles. The van der Waals surface area contributed by atoms with E-state index in [0.717, 1.165) is 11.1 Å². The maximum Gasteiger partial charge on any atom is 0.374 e. The van der Waals surface area contributed by atoms with Crippen LogP contribution in [0.4, 0.5) is 0 Å². The van der Waals surface area contributed by atoms with Crippen LogP contribution < -0.4 is 4.74 Å². The summed E-state index contributed by atoms with van der Waals surface area (Å²) in [4.78, 5) is 12.0. The lowest BCUT2D eigenvalue weighted by Crippen LogP contribution is -2.05. The van der Waals surface area contributed by atoms with E-state index in [9.17, 15) is 4.79 Å². The Morgan fingerprint density at radius 1 is 0.958 bits per heavy atom. The lowest BCUT2D eigenvalue weighted by Gasteiger charge is -2.11. The molecule has 24 heavy (non-hydrogen) atoms. The lowest BCUT2D eigenvalue weighted by atomic mass is 10.1. The Hall–Kier alpha value is -3.01. The predicted octanol–water partition coefficient (Wildman–Crippen LogP) is 4.70. The van der Waals surface area contributed by atoms with Crippen molar-refractivity contribution in [3.8, 4) is 16.9 Å². The summed E-state index contributed by atoms with van der Waals surface area (Å²) in [5.41, 5.74) is 2.53. The smallest absolute Gasteiger partial charge is 0.374 e. The molecule has 0 saturated heterocycles. The van der Waals surface area contributed by atoms with Gasteiger partial charge < -0.3 is 13.9 Å². The summed E-state index contributed by atoms with van der Waals surface area (Å²) in [7, 11) is 0. The Morgan fingerprint density at radius 2 is 1.71 bits per heavy atom. The highest BCUT2D eigenvalue weighted by Gasteiger charge is 2.20. The van der Waals surface area contributed by atoms with E-state index in [2.05, 4.69) is 0 Å². The largest absolute Gasteiger partial charge is 0.488 e. The fourth-order valence-corrected chi connectivity index (χ4v) is 2.43. The minimum absolute atomic E-state index is 0.188. The number of esters is 1. The van der Waals surface area contributed by atoms with Gasteiger partial charge in [-0.25, -0.2) is 4.79 Å². The number of rotatable bonds is 6. The standard InChI is InChI=1S/C20H18O4/c1-2-22-20(21)19-17(12-13-23-19)16-10-6-7-11-18(16)24-14-15-8-4-3-5-9-15/h3-13H,2,14H2,1H3. The van der Waals surface area contributed by atoms with Gasteiger partial charge in [-0.2, -0.15) is 0 Å². The number of ether oxygens (including phenoxy) is 2. The molecule has 0 atom stereocenters. The van der Waals surface area contributed by atoms with Gasteiger partial charge in [0.2, 0.25) is 5.76 Å². The zero-order valence-corrected chi connectivity index (χ0v) is 13.4. The summed E-state index contributed by atoms with van der Waals surface area (Å²) in [5.74, 6) is 0.399. The SMILES string of the molecule is CCOC(=O)c1occc1-c1ccccc1OCc1ccccc1. The van der Waals surface area contributed by atoms with Crippen molar-refractivity contribution >= 4 is 5.97 Å². The summed E-state index contributed by atoms with van der Waals surface area (Å²) in [6.45, 7) is 2.51. The molecule has 3 rings (SSSR count). The summed E-state index contributed by atoms with van der Waals surface area (Å²) < 4.78 is 16.3. The average molecular weight is 322 g/mol. The van der Waals surface area contributed by atoms with E-state index in [1.54, 1.807) is 13.0 Å². The maximum atomic E-state index is 12.0. The monoisotopic (exact) mass is 322 g/mol. The van der Waals surface area contributed by atoms with Gasteiger partial charge in [-0.05, 0) is 24.6 Å². The van der Waals surface area contributed by atoms with Gasteiger partial charge in [-0.15, -0.1) is 0 Å². The lowest BCUT2D eigenvalue weighted by molar-refractivity contribution is 0.0491. The molecule has 0 aliphatic rings. The van der Waals surface area contributed by atoms with E-state index in [1.165, 1.54) is 6.26 Å². The average Bonchev–Trinajstić information content (AvgIpc) is 3.11. The van der Waals surface area contributed by atoms with Gasteiger partial charge in [-0.3, -0.25) is 0 Å². The fraction of sp³-hybridized carbons (Fsp3) is 0.150. The number of para-hydroxylation sites is 1. The van der Waals surface area contributed by atoms with Crippen LogP contribution >= 0.6 is 0 Å². The molecule has 1 aromatic heterocycles. The molecular weight excluding hydrogens is 304 g/mol. The predicted molar refractivity (Wildman–Crippen MR) is 90.9 cm³/mol. The van der Waals surface area contributed by atoms with E-state index in [4.69, 9.17) is 13.9 Å². The molecule has 0 unspecified atom stereocenters. The molecule has 0 bridgehead atoms. The van der Waals surface area contributed by atoms with Gasteiger partial charge in [0.1, 0.15) is 12.4 Å².